The monoisotopic (exact) mass is 529 g/mol. The Hall–Kier alpha value is -0.994. The minimum atomic E-state index is -4.29. The summed E-state index contributed by atoms with van der Waals surface area (Å²) in [6, 6.07) is 15.2. The second-order valence-corrected chi connectivity index (χ2v) is 9.58. The van der Waals surface area contributed by atoms with Crippen LogP contribution >= 0.6 is 12.9 Å². The minimum absolute atomic E-state index is 0. The van der Waals surface area contributed by atoms with Crippen LogP contribution in [0.4, 0.5) is 11.4 Å². The van der Waals surface area contributed by atoms with Gasteiger partial charge in [-0.3, -0.25) is 0 Å². The largest absolute Gasteiger partial charge is 0.748 e. The van der Waals surface area contributed by atoms with E-state index in [-0.39, 0.29) is 57.8 Å². The van der Waals surface area contributed by atoms with Crippen molar-refractivity contribution in [1.29, 1.82) is 0 Å². The molecule has 0 fully saturated rings. The van der Waals surface area contributed by atoms with Crippen LogP contribution < -0.4 is 10.2 Å². The van der Waals surface area contributed by atoms with Gasteiger partial charge >= 0.3 is 0 Å². The van der Waals surface area contributed by atoms with Crippen molar-refractivity contribution in [3.63, 3.8) is 0 Å². The summed E-state index contributed by atoms with van der Waals surface area (Å²) in [7, 11) is -4.29. The van der Waals surface area contributed by atoms with E-state index in [2.05, 4.69) is 41.4 Å². The molecule has 1 aliphatic rings. The summed E-state index contributed by atoms with van der Waals surface area (Å²) in [6.45, 7) is 4.49. The van der Waals surface area contributed by atoms with Crippen LogP contribution in [0.1, 0.15) is 25.8 Å². The van der Waals surface area contributed by atoms with E-state index in [4.69, 9.17) is 4.89 Å². The topological polar surface area (TPSA) is 99.9 Å². The number of para-hydroxylation sites is 1. The van der Waals surface area contributed by atoms with Crippen LogP contribution in [-0.4, -0.2) is 86.9 Å². The van der Waals surface area contributed by atoms with Gasteiger partial charge < -0.3 is 14.8 Å². The fourth-order valence-electron chi connectivity index (χ4n) is 3.78. The van der Waals surface area contributed by atoms with Crippen molar-refractivity contribution in [1.82, 2.24) is 0 Å². The van der Waals surface area contributed by atoms with Crippen molar-refractivity contribution in [2.24, 2.45) is 0 Å². The van der Waals surface area contributed by atoms with Gasteiger partial charge in [0.15, 0.2) is 11.5 Å². The Kier molecular flexibility index (Phi) is 11.5. The first-order chi connectivity index (χ1) is 15.7. The van der Waals surface area contributed by atoms with Crippen molar-refractivity contribution in [2.45, 2.75) is 25.7 Å². The van der Waals surface area contributed by atoms with E-state index in [1.165, 1.54) is 0 Å². The molecular formula is C23H26KN2O6S2. The number of anilines is 1. The molecule has 177 valence electrons. The second kappa shape index (κ2) is 13.4. The van der Waals surface area contributed by atoms with Crippen molar-refractivity contribution < 1.29 is 31.8 Å². The van der Waals surface area contributed by atoms with Crippen LogP contribution in [0, 0.1) is 0 Å². The molecule has 1 heterocycles. The van der Waals surface area contributed by atoms with E-state index >= 15 is 0 Å². The van der Waals surface area contributed by atoms with Gasteiger partial charge in [0.2, 0.25) is 5.69 Å². The normalized spacial score (nSPS) is 14.9. The first-order valence-electron chi connectivity index (χ1n) is 10.2. The molecule has 1 N–H and O–H groups in total. The number of thiol groups is 1. The molecule has 11 heteroatoms. The number of nitrogens with one attached hydrogen (secondary N) is 1. The Morgan fingerprint density at radius 1 is 1.15 bits per heavy atom. The smallest absolute Gasteiger partial charge is 0.210 e. The number of nitrogens with zero attached hydrogens (tertiary/aromatic N) is 1. The summed E-state index contributed by atoms with van der Waals surface area (Å²) in [5, 5.41) is 7.64. The summed E-state index contributed by atoms with van der Waals surface area (Å²) in [6.07, 6.45) is 7.80. The zero-order valence-electron chi connectivity index (χ0n) is 19.3. The molecule has 34 heavy (non-hydrogen) atoms. The van der Waals surface area contributed by atoms with E-state index < -0.39 is 21.3 Å². The van der Waals surface area contributed by atoms with Gasteiger partial charge in [-0.1, -0.05) is 24.3 Å². The minimum Gasteiger partial charge on any atom is -0.748 e. The average Bonchev–Trinajstić information content (AvgIpc) is 2.98. The number of fused-ring (bicyclic) bond motifs is 1. The van der Waals surface area contributed by atoms with E-state index in [1.807, 2.05) is 71.5 Å². The standard InChI is InChI=1S/C23H26N2O6S2.K/c1-23(2)20-17-19(29-30-31-32)12-13-21(20)25(15-8-16-33(26,27)28)22(23)11-6-7-14-24-18-9-4-3-5-10-18;/h3-7,9-14,17H,8,15-16H2,1-2H3,(H2,26,27,28,32);. The van der Waals surface area contributed by atoms with Crippen LogP contribution in [-0.2, 0) is 24.9 Å². The van der Waals surface area contributed by atoms with E-state index in [1.54, 1.807) is 6.07 Å². The molecule has 1 radical (unpaired) electrons. The van der Waals surface area contributed by atoms with Gasteiger partial charge in [-0.05, 0) is 49.2 Å². The molecule has 0 unspecified atom stereocenters. The molecule has 2 aromatic rings. The van der Waals surface area contributed by atoms with Gasteiger partial charge in [-0.2, -0.15) is 4.58 Å². The molecule has 8 nitrogen and oxygen atoms in total. The predicted molar refractivity (Wildman–Crippen MR) is 134 cm³/mol. The molecule has 3 rings (SSSR count). The summed E-state index contributed by atoms with van der Waals surface area (Å²) < 4.78 is 39.5. The number of benzene rings is 2. The Labute approximate surface area is 248 Å². The third-order valence-electron chi connectivity index (χ3n) is 5.29. The molecule has 0 atom stereocenters. The fraction of sp³-hybridized carbons (Fsp3) is 0.261. The SMILES string of the molecule is CC1(C)C(/C=C/C=C/Nc2ccccc2)=[N+](CCCS(=O)(=O)[O-])c2ccc(OOOS)cc21.[K]. The Morgan fingerprint density at radius 2 is 1.88 bits per heavy atom. The summed E-state index contributed by atoms with van der Waals surface area (Å²) in [5.74, 6) is 0.000936. The van der Waals surface area contributed by atoms with Crippen LogP contribution in [0.2, 0.25) is 0 Å². The maximum absolute atomic E-state index is 11.1. The zero-order chi connectivity index (χ0) is 23.9. The number of hydrogen-bond donors (Lipinski definition) is 2. The van der Waals surface area contributed by atoms with Gasteiger partial charge in [-0.15, -0.1) is 4.33 Å². The van der Waals surface area contributed by atoms with Crippen molar-refractivity contribution in [3.8, 4) is 5.75 Å². The van der Waals surface area contributed by atoms with E-state index in [9.17, 15) is 13.0 Å². The number of allylic oxidation sites excluding steroid dienone is 3. The van der Waals surface area contributed by atoms with Crippen molar-refractivity contribution in [2.75, 3.05) is 17.6 Å². The fourth-order valence-corrected chi connectivity index (χ4v) is 4.30. The summed E-state index contributed by atoms with van der Waals surface area (Å²) in [5.41, 5.74) is 3.36. The molecule has 1 aliphatic heterocycles. The third kappa shape index (κ3) is 8.02. The van der Waals surface area contributed by atoms with E-state index in [0.717, 1.165) is 22.6 Å². The van der Waals surface area contributed by atoms with Crippen LogP contribution in [0.3, 0.4) is 0 Å². The van der Waals surface area contributed by atoms with Crippen molar-refractivity contribution >= 4 is 91.5 Å². The summed E-state index contributed by atoms with van der Waals surface area (Å²) >= 11 is 3.48. The van der Waals surface area contributed by atoms with Gasteiger partial charge in [0.1, 0.15) is 6.54 Å². The van der Waals surface area contributed by atoms with Gasteiger partial charge in [0.25, 0.3) is 0 Å². The molecule has 0 bridgehead atoms. The molecule has 0 aliphatic carbocycles. The Balaban J connectivity index is 0.00000408. The van der Waals surface area contributed by atoms with Crippen LogP contribution in [0.5, 0.6) is 5.75 Å². The quantitative estimate of drug-likeness (QED) is 0.0666. The molecule has 0 amide bonds. The first-order valence-corrected chi connectivity index (χ1v) is 12.2. The molecular weight excluding hydrogens is 503 g/mol. The third-order valence-corrected chi connectivity index (χ3v) is 6.13. The van der Waals surface area contributed by atoms with Gasteiger partial charge in [-0.25, -0.2) is 8.42 Å². The number of hydrogen-bond acceptors (Lipinski definition) is 8. The van der Waals surface area contributed by atoms with Crippen molar-refractivity contribution in [3.05, 3.63) is 78.5 Å². The maximum atomic E-state index is 11.1. The summed E-state index contributed by atoms with van der Waals surface area (Å²) in [4.78, 5) is 5.04. The van der Waals surface area contributed by atoms with Gasteiger partial charge in [0, 0.05) is 106 Å². The maximum Gasteiger partial charge on any atom is 0.210 e. The average molecular weight is 530 g/mol. The molecule has 0 saturated heterocycles. The van der Waals surface area contributed by atoms with Gasteiger partial charge in [0.05, 0.1) is 15.5 Å². The second-order valence-electron chi connectivity index (χ2n) is 7.91. The molecule has 0 saturated carbocycles. The molecule has 0 spiro atoms. The van der Waals surface area contributed by atoms with E-state index in [0.29, 0.717) is 12.3 Å². The molecule has 0 aromatic heterocycles. The molecule has 2 aromatic carbocycles. The first kappa shape index (κ1) is 29.2. The van der Waals surface area contributed by atoms with Crippen LogP contribution in [0.15, 0.2) is 73.0 Å². The van der Waals surface area contributed by atoms with Crippen LogP contribution in [0.25, 0.3) is 0 Å². The predicted octanol–water partition coefficient (Wildman–Crippen LogP) is 3.89. The zero-order valence-corrected chi connectivity index (χ0v) is 24.1. The number of rotatable bonds is 11. The Bertz CT molecular complexity index is 1170. The Morgan fingerprint density at radius 3 is 2.56 bits per heavy atom.